The number of ether oxygens (including phenoxy) is 1. The van der Waals surface area contributed by atoms with Crippen molar-refractivity contribution in [2.24, 2.45) is 0 Å². The molecule has 0 aliphatic rings. The Morgan fingerprint density at radius 1 is 1.11 bits per heavy atom. The van der Waals surface area contributed by atoms with E-state index in [1.54, 1.807) is 6.07 Å². The summed E-state index contributed by atoms with van der Waals surface area (Å²) in [5, 5.41) is 13.0. The van der Waals surface area contributed by atoms with Crippen LogP contribution >= 0.6 is 0 Å². The number of aromatic hydroxyl groups is 1. The Morgan fingerprint density at radius 3 is 2.53 bits per heavy atom. The van der Waals surface area contributed by atoms with Gasteiger partial charge in [-0.25, -0.2) is 0 Å². The summed E-state index contributed by atoms with van der Waals surface area (Å²) in [6.45, 7) is 5.21. The van der Waals surface area contributed by atoms with Gasteiger partial charge in [-0.1, -0.05) is 23.8 Å². The van der Waals surface area contributed by atoms with Gasteiger partial charge in [-0.3, -0.25) is 0 Å². The molecule has 0 radical (unpaired) electrons. The van der Waals surface area contributed by atoms with Crippen molar-refractivity contribution in [3.05, 3.63) is 53.6 Å². The molecule has 2 rings (SSSR count). The molecule has 2 N–H and O–H groups in total. The monoisotopic (exact) mass is 257 g/mol. The van der Waals surface area contributed by atoms with Crippen LogP contribution < -0.4 is 10.1 Å². The van der Waals surface area contributed by atoms with Crippen LogP contribution in [0, 0.1) is 6.92 Å². The second kappa shape index (κ2) is 6.14. The Kier molecular flexibility index (Phi) is 4.29. The maximum atomic E-state index is 9.64. The van der Waals surface area contributed by atoms with E-state index in [1.807, 2.05) is 19.1 Å². The number of phenolic OH excluding ortho intramolecular Hbond substituents is 1. The first-order chi connectivity index (χ1) is 9.19. The van der Waals surface area contributed by atoms with Crippen LogP contribution in [0.2, 0.25) is 0 Å². The Hall–Kier alpha value is -2.16. The van der Waals surface area contributed by atoms with Crippen molar-refractivity contribution < 1.29 is 9.84 Å². The van der Waals surface area contributed by atoms with Crippen LogP contribution in [0.3, 0.4) is 0 Å². The van der Waals surface area contributed by atoms with Crippen molar-refractivity contribution in [2.75, 3.05) is 11.9 Å². The van der Waals surface area contributed by atoms with Gasteiger partial charge in [0.2, 0.25) is 0 Å². The summed E-state index contributed by atoms with van der Waals surface area (Å²) in [6.07, 6.45) is 0. The second-order valence-electron chi connectivity index (χ2n) is 4.45. The number of anilines is 1. The summed E-state index contributed by atoms with van der Waals surface area (Å²) in [6, 6.07) is 13.7. The van der Waals surface area contributed by atoms with Gasteiger partial charge in [0.15, 0.2) is 11.5 Å². The predicted octanol–water partition coefficient (Wildman–Crippen LogP) is 3.71. The SMILES string of the molecule is CCOc1cc(CNc2ccc(C)cc2)ccc1O. The number of rotatable bonds is 5. The van der Waals surface area contributed by atoms with E-state index in [0.29, 0.717) is 18.9 Å². The van der Waals surface area contributed by atoms with Crippen LogP contribution in [-0.2, 0) is 6.54 Å². The zero-order valence-electron chi connectivity index (χ0n) is 11.3. The van der Waals surface area contributed by atoms with Crippen molar-refractivity contribution in [1.29, 1.82) is 0 Å². The molecule has 0 atom stereocenters. The summed E-state index contributed by atoms with van der Waals surface area (Å²) in [5.41, 5.74) is 3.40. The van der Waals surface area contributed by atoms with Crippen LogP contribution in [0.5, 0.6) is 11.5 Å². The molecule has 3 nitrogen and oxygen atoms in total. The van der Waals surface area contributed by atoms with Crippen molar-refractivity contribution in [3.63, 3.8) is 0 Å². The molecule has 0 aliphatic heterocycles. The molecule has 0 saturated carbocycles. The Morgan fingerprint density at radius 2 is 1.84 bits per heavy atom. The lowest BCUT2D eigenvalue weighted by Gasteiger charge is -2.10. The number of nitrogens with one attached hydrogen (secondary N) is 1. The predicted molar refractivity (Wildman–Crippen MR) is 77.8 cm³/mol. The summed E-state index contributed by atoms with van der Waals surface area (Å²) in [4.78, 5) is 0. The molecule has 0 aliphatic carbocycles. The van der Waals surface area contributed by atoms with Gasteiger partial charge in [0, 0.05) is 12.2 Å². The highest BCUT2D eigenvalue weighted by Crippen LogP contribution is 2.27. The molecule has 0 bridgehead atoms. The quantitative estimate of drug-likeness (QED) is 0.858. The highest BCUT2D eigenvalue weighted by Gasteiger charge is 2.03. The van der Waals surface area contributed by atoms with Gasteiger partial charge < -0.3 is 15.2 Å². The van der Waals surface area contributed by atoms with Crippen LogP contribution in [0.15, 0.2) is 42.5 Å². The highest BCUT2D eigenvalue weighted by molar-refractivity contribution is 5.47. The normalized spacial score (nSPS) is 10.2. The number of phenols is 1. The minimum absolute atomic E-state index is 0.181. The van der Waals surface area contributed by atoms with Crippen LogP contribution in [0.1, 0.15) is 18.1 Å². The molecule has 0 amide bonds. The van der Waals surface area contributed by atoms with Crippen molar-refractivity contribution in [1.82, 2.24) is 0 Å². The lowest BCUT2D eigenvalue weighted by atomic mass is 10.2. The molecule has 0 heterocycles. The first kappa shape index (κ1) is 13.3. The summed E-state index contributed by atoms with van der Waals surface area (Å²) >= 11 is 0. The zero-order valence-corrected chi connectivity index (χ0v) is 11.3. The van der Waals surface area contributed by atoms with E-state index >= 15 is 0 Å². The number of hydrogen-bond donors (Lipinski definition) is 2. The van der Waals surface area contributed by atoms with E-state index in [2.05, 4.69) is 36.5 Å². The molecule has 0 unspecified atom stereocenters. The summed E-state index contributed by atoms with van der Waals surface area (Å²) in [5.74, 6) is 0.714. The number of benzene rings is 2. The van der Waals surface area contributed by atoms with E-state index in [0.717, 1.165) is 11.3 Å². The third kappa shape index (κ3) is 3.65. The smallest absolute Gasteiger partial charge is 0.161 e. The van der Waals surface area contributed by atoms with Gasteiger partial charge in [0.25, 0.3) is 0 Å². The van der Waals surface area contributed by atoms with E-state index < -0.39 is 0 Å². The number of aryl methyl sites for hydroxylation is 1. The largest absolute Gasteiger partial charge is 0.504 e. The van der Waals surface area contributed by atoms with Gasteiger partial charge >= 0.3 is 0 Å². The Bertz CT molecular complexity index is 535. The van der Waals surface area contributed by atoms with Crippen LogP contribution in [0.4, 0.5) is 5.69 Å². The summed E-state index contributed by atoms with van der Waals surface area (Å²) in [7, 11) is 0. The minimum Gasteiger partial charge on any atom is -0.504 e. The van der Waals surface area contributed by atoms with Crippen LogP contribution in [0.25, 0.3) is 0 Å². The van der Waals surface area contributed by atoms with Crippen molar-refractivity contribution in [3.8, 4) is 11.5 Å². The molecule has 3 heteroatoms. The molecule has 0 saturated heterocycles. The first-order valence-corrected chi connectivity index (χ1v) is 6.44. The molecule has 100 valence electrons. The third-order valence-corrected chi connectivity index (χ3v) is 2.87. The molecule has 0 aromatic heterocycles. The molecule has 0 fully saturated rings. The maximum Gasteiger partial charge on any atom is 0.161 e. The Balaban J connectivity index is 2.03. The minimum atomic E-state index is 0.181. The highest BCUT2D eigenvalue weighted by atomic mass is 16.5. The lowest BCUT2D eigenvalue weighted by molar-refractivity contribution is 0.318. The summed E-state index contributed by atoms with van der Waals surface area (Å²) < 4.78 is 5.37. The Labute approximate surface area is 113 Å². The first-order valence-electron chi connectivity index (χ1n) is 6.44. The maximum absolute atomic E-state index is 9.64. The standard InChI is InChI=1S/C16H19NO2/c1-3-19-16-10-13(6-9-15(16)18)11-17-14-7-4-12(2)5-8-14/h4-10,17-18H,3,11H2,1-2H3. The molecule has 2 aromatic carbocycles. The van der Waals surface area contributed by atoms with Crippen LogP contribution in [-0.4, -0.2) is 11.7 Å². The van der Waals surface area contributed by atoms with Gasteiger partial charge in [-0.15, -0.1) is 0 Å². The molecule has 19 heavy (non-hydrogen) atoms. The van der Waals surface area contributed by atoms with Crippen molar-refractivity contribution in [2.45, 2.75) is 20.4 Å². The zero-order chi connectivity index (χ0) is 13.7. The molecule has 2 aromatic rings. The number of hydrogen-bond acceptors (Lipinski definition) is 3. The van der Waals surface area contributed by atoms with E-state index in [1.165, 1.54) is 5.56 Å². The molecular formula is C16H19NO2. The molecule has 0 spiro atoms. The molecular weight excluding hydrogens is 238 g/mol. The van der Waals surface area contributed by atoms with E-state index in [4.69, 9.17) is 4.74 Å². The van der Waals surface area contributed by atoms with Crippen molar-refractivity contribution >= 4 is 5.69 Å². The second-order valence-corrected chi connectivity index (χ2v) is 4.45. The fourth-order valence-electron chi connectivity index (χ4n) is 1.82. The fraction of sp³-hybridized carbons (Fsp3) is 0.250. The average Bonchev–Trinajstić information content (AvgIpc) is 2.42. The average molecular weight is 257 g/mol. The van der Waals surface area contributed by atoms with Gasteiger partial charge in [-0.05, 0) is 43.7 Å². The van der Waals surface area contributed by atoms with Gasteiger partial charge in [0.1, 0.15) is 0 Å². The van der Waals surface area contributed by atoms with Gasteiger partial charge in [0.05, 0.1) is 6.61 Å². The van der Waals surface area contributed by atoms with E-state index in [9.17, 15) is 5.11 Å². The van der Waals surface area contributed by atoms with Gasteiger partial charge in [-0.2, -0.15) is 0 Å². The van der Waals surface area contributed by atoms with E-state index in [-0.39, 0.29) is 5.75 Å². The lowest BCUT2D eigenvalue weighted by Crippen LogP contribution is -2.00. The third-order valence-electron chi connectivity index (χ3n) is 2.87. The topological polar surface area (TPSA) is 41.5 Å². The fourth-order valence-corrected chi connectivity index (χ4v) is 1.82.